The van der Waals surface area contributed by atoms with Gasteiger partial charge < -0.3 is 10.2 Å². The van der Waals surface area contributed by atoms with Crippen LogP contribution in [0.5, 0.6) is 0 Å². The van der Waals surface area contributed by atoms with E-state index in [0.29, 0.717) is 60.7 Å². The minimum Gasteiger partial charge on any atom is -0.352 e. The lowest BCUT2D eigenvalue weighted by molar-refractivity contribution is -0.120. The molecule has 35 heavy (non-hydrogen) atoms. The fourth-order valence-electron chi connectivity index (χ4n) is 4.45. The Morgan fingerprint density at radius 3 is 2.60 bits per heavy atom. The van der Waals surface area contributed by atoms with Crippen LogP contribution in [0.25, 0.3) is 11.2 Å². The van der Waals surface area contributed by atoms with Crippen molar-refractivity contribution in [2.75, 3.05) is 23.3 Å². The number of hydrogen-bond acceptors (Lipinski definition) is 5. The fourth-order valence-corrected chi connectivity index (χ4v) is 4.45. The number of amides is 1. The van der Waals surface area contributed by atoms with Crippen LogP contribution < -0.4 is 15.8 Å². The van der Waals surface area contributed by atoms with Crippen LogP contribution in [0.1, 0.15) is 24.0 Å². The van der Waals surface area contributed by atoms with Crippen molar-refractivity contribution >= 4 is 28.6 Å². The van der Waals surface area contributed by atoms with Gasteiger partial charge in [-0.3, -0.25) is 14.2 Å². The van der Waals surface area contributed by atoms with Crippen LogP contribution in [0.15, 0.2) is 71.7 Å². The zero-order chi connectivity index (χ0) is 24.4. The number of hydrogen-bond donors (Lipinski definition) is 1. The number of anilines is 2. The molecule has 1 aliphatic heterocycles. The average molecular weight is 472 g/mol. The Kier molecular flexibility index (Phi) is 6.27. The van der Waals surface area contributed by atoms with Crippen molar-refractivity contribution in [3.63, 3.8) is 0 Å². The molecule has 1 aliphatic rings. The number of aryl methyl sites for hydroxylation is 1. The first-order valence-corrected chi connectivity index (χ1v) is 11.7. The van der Waals surface area contributed by atoms with Crippen LogP contribution in [-0.4, -0.2) is 33.5 Å². The Morgan fingerprint density at radius 1 is 1.09 bits per heavy atom. The van der Waals surface area contributed by atoms with Crippen molar-refractivity contribution in [1.82, 2.24) is 14.5 Å². The van der Waals surface area contributed by atoms with Gasteiger partial charge in [0.25, 0.3) is 5.56 Å². The van der Waals surface area contributed by atoms with E-state index in [2.05, 4.69) is 15.3 Å². The number of benzene rings is 2. The van der Waals surface area contributed by atoms with Crippen molar-refractivity contribution in [3.05, 3.63) is 94.2 Å². The third kappa shape index (κ3) is 4.77. The van der Waals surface area contributed by atoms with Crippen LogP contribution in [0, 0.1) is 18.7 Å². The Bertz CT molecular complexity index is 1430. The number of nitrogens with zero attached hydrogens (tertiary/aromatic N) is 4. The molecule has 1 amide bonds. The molecule has 1 saturated heterocycles. The van der Waals surface area contributed by atoms with Gasteiger partial charge in [0.15, 0.2) is 11.5 Å². The lowest BCUT2D eigenvalue weighted by Gasteiger charge is -2.32. The topological polar surface area (TPSA) is 80.1 Å². The van der Waals surface area contributed by atoms with E-state index < -0.39 is 0 Å². The van der Waals surface area contributed by atoms with Gasteiger partial charge in [-0.25, -0.2) is 14.4 Å². The zero-order valence-electron chi connectivity index (χ0n) is 19.4. The summed E-state index contributed by atoms with van der Waals surface area (Å²) in [5, 5.41) is 2.82. The van der Waals surface area contributed by atoms with Crippen LogP contribution in [0.2, 0.25) is 0 Å². The lowest BCUT2D eigenvalue weighted by atomic mass is 9.95. The monoisotopic (exact) mass is 471 g/mol. The van der Waals surface area contributed by atoms with E-state index in [9.17, 15) is 14.0 Å². The van der Waals surface area contributed by atoms with Crippen molar-refractivity contribution in [1.29, 1.82) is 0 Å². The molecule has 0 atom stereocenters. The van der Waals surface area contributed by atoms with Crippen LogP contribution in [0.4, 0.5) is 15.9 Å². The summed E-state index contributed by atoms with van der Waals surface area (Å²) in [5.41, 5.74) is 2.99. The molecule has 5 rings (SSSR count). The summed E-state index contributed by atoms with van der Waals surface area (Å²) in [6.07, 6.45) is 2.81. The molecule has 2 aromatic heterocycles. The van der Waals surface area contributed by atoms with Crippen molar-refractivity contribution in [2.24, 2.45) is 5.92 Å². The molecule has 1 N–H and O–H groups in total. The Hall–Kier alpha value is -4.07. The largest absolute Gasteiger partial charge is 0.352 e. The van der Waals surface area contributed by atoms with E-state index in [1.807, 2.05) is 41.3 Å². The van der Waals surface area contributed by atoms with E-state index in [4.69, 9.17) is 0 Å². The van der Waals surface area contributed by atoms with Gasteiger partial charge in [0.1, 0.15) is 11.3 Å². The molecule has 3 heterocycles. The van der Waals surface area contributed by atoms with Gasteiger partial charge in [0, 0.05) is 30.9 Å². The van der Waals surface area contributed by atoms with Crippen molar-refractivity contribution in [3.8, 4) is 0 Å². The minimum absolute atomic E-state index is 0.134. The highest BCUT2D eigenvalue weighted by molar-refractivity contribution is 5.92. The molecular formula is C27H26FN5O2. The molecule has 4 aromatic rings. The molecule has 0 saturated carbocycles. The summed E-state index contributed by atoms with van der Waals surface area (Å²) in [5.74, 6) is -0.323. The van der Waals surface area contributed by atoms with Gasteiger partial charge in [-0.1, -0.05) is 36.4 Å². The summed E-state index contributed by atoms with van der Waals surface area (Å²) in [7, 11) is 0. The summed E-state index contributed by atoms with van der Waals surface area (Å²) in [4.78, 5) is 37.3. The molecular weight excluding hydrogens is 445 g/mol. The zero-order valence-corrected chi connectivity index (χ0v) is 19.4. The first kappa shape index (κ1) is 22.7. The third-order valence-corrected chi connectivity index (χ3v) is 6.47. The molecule has 0 bridgehead atoms. The maximum absolute atomic E-state index is 13.8. The summed E-state index contributed by atoms with van der Waals surface area (Å²) in [6.45, 7) is 3.13. The predicted molar refractivity (Wildman–Crippen MR) is 134 cm³/mol. The minimum atomic E-state index is -0.346. The highest BCUT2D eigenvalue weighted by Crippen LogP contribution is 2.24. The van der Waals surface area contributed by atoms with Gasteiger partial charge in [-0.15, -0.1) is 0 Å². The second-order valence-corrected chi connectivity index (χ2v) is 8.87. The van der Waals surface area contributed by atoms with Crippen LogP contribution in [0.3, 0.4) is 0 Å². The fraction of sp³-hybridized carbons (Fsp3) is 0.259. The van der Waals surface area contributed by atoms with Crippen LogP contribution >= 0.6 is 0 Å². The van der Waals surface area contributed by atoms with E-state index >= 15 is 0 Å². The number of piperidine rings is 1. The molecule has 0 aliphatic carbocycles. The highest BCUT2D eigenvalue weighted by Gasteiger charge is 2.28. The number of nitrogens with one attached hydrogen (secondary N) is 1. The first-order chi connectivity index (χ1) is 17.0. The van der Waals surface area contributed by atoms with E-state index in [0.717, 1.165) is 5.56 Å². The van der Waals surface area contributed by atoms with E-state index in [1.165, 1.54) is 6.07 Å². The number of halogens is 1. The van der Waals surface area contributed by atoms with Crippen LogP contribution in [-0.2, 0) is 11.3 Å². The number of carbonyl (C=O) groups excluding carboxylic acids is 1. The Balaban J connectivity index is 1.35. The van der Waals surface area contributed by atoms with E-state index in [-0.39, 0.29) is 23.2 Å². The molecule has 0 spiro atoms. The molecule has 1 fully saturated rings. The number of carbonyl (C=O) groups is 1. The molecule has 178 valence electrons. The maximum atomic E-state index is 13.8. The SMILES string of the molecule is Cc1ccc(NC(=O)C2CCN(c3nc4cccnc4n(Cc4ccccc4)c3=O)CC2)cc1F. The number of rotatable bonds is 5. The Labute approximate surface area is 202 Å². The van der Waals surface area contributed by atoms with Crippen molar-refractivity contribution < 1.29 is 9.18 Å². The average Bonchev–Trinajstić information content (AvgIpc) is 2.88. The highest BCUT2D eigenvalue weighted by atomic mass is 19.1. The summed E-state index contributed by atoms with van der Waals surface area (Å²) >= 11 is 0. The quantitative estimate of drug-likeness (QED) is 0.473. The summed E-state index contributed by atoms with van der Waals surface area (Å²) < 4.78 is 15.5. The molecule has 8 heteroatoms. The maximum Gasteiger partial charge on any atom is 0.295 e. The lowest BCUT2D eigenvalue weighted by Crippen LogP contribution is -2.42. The van der Waals surface area contributed by atoms with Gasteiger partial charge >= 0.3 is 0 Å². The van der Waals surface area contributed by atoms with Gasteiger partial charge in [0.05, 0.1) is 6.54 Å². The molecule has 0 radical (unpaired) electrons. The molecule has 7 nitrogen and oxygen atoms in total. The van der Waals surface area contributed by atoms with Gasteiger partial charge in [0.2, 0.25) is 5.91 Å². The number of fused-ring (bicyclic) bond motifs is 1. The van der Waals surface area contributed by atoms with Crippen molar-refractivity contribution in [2.45, 2.75) is 26.3 Å². The normalized spacial score (nSPS) is 14.3. The second-order valence-electron chi connectivity index (χ2n) is 8.87. The molecule has 2 aromatic carbocycles. The smallest absolute Gasteiger partial charge is 0.295 e. The Morgan fingerprint density at radius 2 is 1.86 bits per heavy atom. The van der Waals surface area contributed by atoms with Gasteiger partial charge in [-0.05, 0) is 55.2 Å². The second kappa shape index (κ2) is 9.66. The predicted octanol–water partition coefficient (Wildman–Crippen LogP) is 4.14. The first-order valence-electron chi connectivity index (χ1n) is 11.7. The third-order valence-electron chi connectivity index (χ3n) is 6.47. The molecule has 0 unspecified atom stereocenters. The number of pyridine rings is 1. The standard InChI is InChI=1S/C27H26FN5O2/c1-18-9-10-21(16-22(18)28)30-26(34)20-11-14-32(15-12-20)25-27(35)33(17-19-6-3-2-4-7-19)24-23(31-25)8-5-13-29-24/h2-10,13,16,20H,11-12,14-15,17H2,1H3,(H,30,34). The van der Waals surface area contributed by atoms with E-state index in [1.54, 1.807) is 35.9 Å². The number of aromatic nitrogens is 3. The van der Waals surface area contributed by atoms with Gasteiger partial charge in [-0.2, -0.15) is 0 Å². The summed E-state index contributed by atoms with van der Waals surface area (Å²) in [6, 6.07) is 18.1.